The van der Waals surface area contributed by atoms with Crippen LogP contribution in [0.4, 0.5) is 4.79 Å². The van der Waals surface area contributed by atoms with Gasteiger partial charge in [0.1, 0.15) is 5.75 Å². The Morgan fingerprint density at radius 2 is 1.59 bits per heavy atom. The maximum atomic E-state index is 13.0. The van der Waals surface area contributed by atoms with Crippen molar-refractivity contribution in [3.8, 4) is 5.75 Å². The van der Waals surface area contributed by atoms with E-state index in [1.807, 2.05) is 13.8 Å². The Kier molecular flexibility index (Phi) is 6.16. The van der Waals surface area contributed by atoms with Crippen LogP contribution >= 0.6 is 0 Å². The molecular formula is C22H24N2O5. The molecule has 152 valence electrons. The van der Waals surface area contributed by atoms with Gasteiger partial charge in [-0.2, -0.15) is 0 Å². The Hall–Kier alpha value is -3.35. The zero-order valence-corrected chi connectivity index (χ0v) is 16.7. The standard InChI is InChI=1S/C22H24N2O5/c1-14(2)13-29-22(27)23-12-18(17-10-6-7-11-19(17)28-3)24-20(25)15-8-4-5-9-16(15)21(24)26/h4-11,14,18H,12-13H2,1-3H3,(H,23,27). The number of hydrogen-bond acceptors (Lipinski definition) is 5. The van der Waals surface area contributed by atoms with Crippen LogP contribution in [0.25, 0.3) is 0 Å². The summed E-state index contributed by atoms with van der Waals surface area (Å²) in [6.07, 6.45) is -0.602. The zero-order chi connectivity index (χ0) is 21.0. The second-order valence-corrected chi connectivity index (χ2v) is 7.16. The Bertz CT molecular complexity index is 890. The molecule has 2 aromatic rings. The number of para-hydroxylation sites is 1. The highest BCUT2D eigenvalue weighted by atomic mass is 16.5. The third-order valence-corrected chi connectivity index (χ3v) is 4.62. The summed E-state index contributed by atoms with van der Waals surface area (Å²) in [5.41, 5.74) is 1.31. The lowest BCUT2D eigenvalue weighted by Crippen LogP contribution is -2.41. The number of nitrogens with one attached hydrogen (secondary N) is 1. The molecule has 1 aliphatic heterocycles. The van der Waals surface area contributed by atoms with Gasteiger partial charge in [-0.25, -0.2) is 4.79 Å². The van der Waals surface area contributed by atoms with E-state index in [0.717, 1.165) is 0 Å². The number of fused-ring (bicyclic) bond motifs is 1. The summed E-state index contributed by atoms with van der Waals surface area (Å²) in [5.74, 6) is -0.0916. The van der Waals surface area contributed by atoms with E-state index in [1.54, 1.807) is 48.5 Å². The van der Waals surface area contributed by atoms with Crippen LogP contribution in [0.5, 0.6) is 5.75 Å². The quantitative estimate of drug-likeness (QED) is 0.725. The first-order chi connectivity index (χ1) is 13.9. The predicted molar refractivity (Wildman–Crippen MR) is 107 cm³/mol. The molecule has 1 atom stereocenters. The minimum absolute atomic E-state index is 0.00275. The maximum absolute atomic E-state index is 13.0. The molecule has 0 fully saturated rings. The van der Waals surface area contributed by atoms with Crippen LogP contribution < -0.4 is 10.1 Å². The lowest BCUT2D eigenvalue weighted by atomic mass is 10.0. The van der Waals surface area contributed by atoms with Gasteiger partial charge in [0.15, 0.2) is 0 Å². The van der Waals surface area contributed by atoms with Crippen molar-refractivity contribution in [1.29, 1.82) is 0 Å². The van der Waals surface area contributed by atoms with Crippen LogP contribution in [0.1, 0.15) is 46.2 Å². The van der Waals surface area contributed by atoms with Crippen LogP contribution in [0.2, 0.25) is 0 Å². The molecule has 3 rings (SSSR count). The van der Waals surface area contributed by atoms with Crippen molar-refractivity contribution in [3.05, 3.63) is 65.2 Å². The summed E-state index contributed by atoms with van der Waals surface area (Å²) in [6.45, 7) is 4.15. The van der Waals surface area contributed by atoms with Crippen LogP contribution in [0, 0.1) is 5.92 Å². The topological polar surface area (TPSA) is 84.9 Å². The van der Waals surface area contributed by atoms with E-state index in [1.165, 1.54) is 12.0 Å². The predicted octanol–water partition coefficient (Wildman–Crippen LogP) is 3.41. The highest BCUT2D eigenvalue weighted by Gasteiger charge is 2.41. The van der Waals surface area contributed by atoms with Crippen LogP contribution in [0.15, 0.2) is 48.5 Å². The first-order valence-electron chi connectivity index (χ1n) is 9.44. The molecule has 3 amide bonds. The fourth-order valence-electron chi connectivity index (χ4n) is 3.25. The van der Waals surface area contributed by atoms with E-state index in [-0.39, 0.29) is 19.1 Å². The largest absolute Gasteiger partial charge is 0.496 e. The van der Waals surface area contributed by atoms with Crippen LogP contribution in [-0.2, 0) is 4.74 Å². The average Bonchev–Trinajstić information content (AvgIpc) is 2.98. The van der Waals surface area contributed by atoms with E-state index in [4.69, 9.17) is 9.47 Å². The fraction of sp³-hybridized carbons (Fsp3) is 0.318. The van der Waals surface area contributed by atoms with Crippen molar-refractivity contribution in [3.63, 3.8) is 0 Å². The van der Waals surface area contributed by atoms with Crippen LogP contribution in [-0.4, -0.2) is 43.1 Å². The van der Waals surface area contributed by atoms with Gasteiger partial charge in [0.05, 0.1) is 30.9 Å². The number of carbonyl (C=O) groups is 3. The van der Waals surface area contributed by atoms with E-state index in [2.05, 4.69) is 5.32 Å². The molecule has 2 aromatic carbocycles. The molecule has 1 aliphatic rings. The Morgan fingerprint density at radius 3 is 2.17 bits per heavy atom. The summed E-state index contributed by atoms with van der Waals surface area (Å²) < 4.78 is 10.6. The smallest absolute Gasteiger partial charge is 0.407 e. The van der Waals surface area contributed by atoms with Crippen molar-refractivity contribution in [1.82, 2.24) is 10.2 Å². The molecule has 0 radical (unpaired) electrons. The molecule has 0 bridgehead atoms. The van der Waals surface area contributed by atoms with Gasteiger partial charge in [-0.05, 0) is 24.1 Å². The number of alkyl carbamates (subject to hydrolysis) is 1. The van der Waals surface area contributed by atoms with Gasteiger partial charge in [-0.15, -0.1) is 0 Å². The first kappa shape index (κ1) is 20.4. The van der Waals surface area contributed by atoms with Crippen molar-refractivity contribution >= 4 is 17.9 Å². The number of benzene rings is 2. The molecule has 7 heteroatoms. The normalized spacial score (nSPS) is 14.0. The minimum Gasteiger partial charge on any atom is -0.496 e. The number of amides is 3. The molecule has 0 aromatic heterocycles. The van der Waals surface area contributed by atoms with E-state index in [0.29, 0.717) is 22.4 Å². The molecule has 1 heterocycles. The van der Waals surface area contributed by atoms with Crippen LogP contribution in [0.3, 0.4) is 0 Å². The average molecular weight is 396 g/mol. The van der Waals surface area contributed by atoms with Gasteiger partial charge in [-0.3, -0.25) is 14.5 Å². The number of nitrogens with zero attached hydrogens (tertiary/aromatic N) is 1. The van der Waals surface area contributed by atoms with Gasteiger partial charge in [0.2, 0.25) is 0 Å². The van der Waals surface area contributed by atoms with Gasteiger partial charge in [0, 0.05) is 12.1 Å². The second kappa shape index (κ2) is 8.77. The molecular weight excluding hydrogens is 372 g/mol. The molecule has 1 unspecified atom stereocenters. The molecule has 0 saturated heterocycles. The zero-order valence-electron chi connectivity index (χ0n) is 16.7. The molecule has 0 aliphatic carbocycles. The van der Waals surface area contributed by atoms with Crippen molar-refractivity contribution < 1.29 is 23.9 Å². The third kappa shape index (κ3) is 4.23. The first-order valence-corrected chi connectivity index (χ1v) is 9.44. The Balaban J connectivity index is 1.91. The van der Waals surface area contributed by atoms with Gasteiger partial charge >= 0.3 is 6.09 Å². The van der Waals surface area contributed by atoms with Gasteiger partial charge < -0.3 is 14.8 Å². The highest BCUT2D eigenvalue weighted by molar-refractivity contribution is 6.21. The Morgan fingerprint density at radius 1 is 1.00 bits per heavy atom. The lowest BCUT2D eigenvalue weighted by Gasteiger charge is -2.28. The highest BCUT2D eigenvalue weighted by Crippen LogP contribution is 2.35. The minimum atomic E-state index is -0.745. The number of rotatable bonds is 7. The fourth-order valence-corrected chi connectivity index (χ4v) is 3.25. The van der Waals surface area contributed by atoms with Crippen molar-refractivity contribution in [2.75, 3.05) is 20.3 Å². The van der Waals surface area contributed by atoms with E-state index in [9.17, 15) is 14.4 Å². The molecule has 1 N–H and O–H groups in total. The monoisotopic (exact) mass is 396 g/mol. The summed E-state index contributed by atoms with van der Waals surface area (Å²) in [4.78, 5) is 39.3. The number of methoxy groups -OCH3 is 1. The van der Waals surface area contributed by atoms with E-state index >= 15 is 0 Å². The Labute approximate surface area is 169 Å². The third-order valence-electron chi connectivity index (χ3n) is 4.62. The lowest BCUT2D eigenvalue weighted by molar-refractivity contribution is 0.0573. The van der Waals surface area contributed by atoms with Gasteiger partial charge in [-0.1, -0.05) is 44.2 Å². The summed E-state index contributed by atoms with van der Waals surface area (Å²) in [5, 5.41) is 2.67. The molecule has 7 nitrogen and oxygen atoms in total. The molecule has 0 spiro atoms. The summed E-state index contributed by atoms with van der Waals surface area (Å²) in [7, 11) is 1.52. The second-order valence-electron chi connectivity index (χ2n) is 7.16. The van der Waals surface area contributed by atoms with E-state index < -0.39 is 23.9 Å². The molecule has 0 saturated carbocycles. The number of imide groups is 1. The van der Waals surface area contributed by atoms with Crippen molar-refractivity contribution in [2.45, 2.75) is 19.9 Å². The summed E-state index contributed by atoms with van der Waals surface area (Å²) >= 11 is 0. The SMILES string of the molecule is COc1ccccc1C(CNC(=O)OCC(C)C)N1C(=O)c2ccccc2C1=O. The number of ether oxygens (including phenoxy) is 2. The number of carbonyl (C=O) groups excluding carboxylic acids is 3. The summed E-state index contributed by atoms with van der Waals surface area (Å²) in [6, 6.07) is 13.0. The molecule has 29 heavy (non-hydrogen) atoms. The van der Waals surface area contributed by atoms with Crippen molar-refractivity contribution in [2.24, 2.45) is 5.92 Å². The maximum Gasteiger partial charge on any atom is 0.407 e. The number of hydrogen-bond donors (Lipinski definition) is 1. The van der Waals surface area contributed by atoms with Gasteiger partial charge in [0.25, 0.3) is 11.8 Å².